The van der Waals surface area contributed by atoms with Crippen LogP contribution in [0.1, 0.15) is 30.7 Å². The lowest BCUT2D eigenvalue weighted by Gasteiger charge is -2.40. The fourth-order valence-corrected chi connectivity index (χ4v) is 3.22. The Kier molecular flexibility index (Phi) is 2.56. The Balaban J connectivity index is 2.07. The molecule has 0 amide bonds. The van der Waals surface area contributed by atoms with Crippen molar-refractivity contribution in [3.05, 3.63) is 45.6 Å². The Morgan fingerprint density at radius 2 is 1.94 bits per heavy atom. The van der Waals surface area contributed by atoms with Crippen LogP contribution in [0.25, 0.3) is 0 Å². The summed E-state index contributed by atoms with van der Waals surface area (Å²) in [5.41, 5.74) is 1.44. The molecule has 1 aromatic heterocycles. The maximum atomic E-state index is 4.51. The molecule has 1 aliphatic carbocycles. The summed E-state index contributed by atoms with van der Waals surface area (Å²) in [6.45, 7) is 0. The van der Waals surface area contributed by atoms with Crippen LogP contribution >= 0.6 is 27.5 Å². The first-order chi connectivity index (χ1) is 7.81. The van der Waals surface area contributed by atoms with Gasteiger partial charge in [-0.05, 0) is 45.9 Å². The maximum Gasteiger partial charge on any atom is 0.179 e. The molecule has 0 bridgehead atoms. The van der Waals surface area contributed by atoms with E-state index < -0.39 is 0 Å². The lowest BCUT2D eigenvalue weighted by molar-refractivity contribution is 0.287. The van der Waals surface area contributed by atoms with Gasteiger partial charge in [-0.15, -0.1) is 0 Å². The van der Waals surface area contributed by atoms with Crippen LogP contribution in [0.5, 0.6) is 0 Å². The van der Waals surface area contributed by atoms with Crippen molar-refractivity contribution in [2.45, 2.75) is 24.7 Å². The van der Waals surface area contributed by atoms with Gasteiger partial charge in [0.2, 0.25) is 0 Å². The molecule has 0 saturated heterocycles. The van der Waals surface area contributed by atoms with Gasteiger partial charge in [-0.1, -0.05) is 36.8 Å². The highest BCUT2D eigenvalue weighted by Crippen LogP contribution is 2.48. The summed E-state index contributed by atoms with van der Waals surface area (Å²) in [7, 11) is 0. The molecule has 0 radical (unpaired) electrons. The highest BCUT2D eigenvalue weighted by Gasteiger charge is 2.43. The van der Waals surface area contributed by atoms with Gasteiger partial charge in [0.1, 0.15) is 0 Å². The molecule has 0 unspecified atom stereocenters. The van der Waals surface area contributed by atoms with E-state index in [-0.39, 0.29) is 5.41 Å². The molecule has 82 valence electrons. The molecule has 0 aliphatic heterocycles. The molecule has 1 aliphatic rings. The van der Waals surface area contributed by atoms with Crippen molar-refractivity contribution in [3.8, 4) is 0 Å². The van der Waals surface area contributed by atoms with Crippen molar-refractivity contribution in [1.29, 1.82) is 0 Å². The lowest BCUT2D eigenvalue weighted by atomic mass is 9.64. The molecule has 0 spiro atoms. The van der Waals surface area contributed by atoms with E-state index in [0.717, 1.165) is 9.74 Å². The number of hydrogen-bond donors (Lipinski definition) is 0. The summed E-state index contributed by atoms with van der Waals surface area (Å²) in [4.78, 5) is 4.51. The molecular weight excluding hydrogens is 284 g/mol. The van der Waals surface area contributed by atoms with Crippen molar-refractivity contribution in [2.24, 2.45) is 0 Å². The monoisotopic (exact) mass is 294 g/mol. The second kappa shape index (κ2) is 3.93. The molecule has 1 aromatic carbocycles. The Morgan fingerprint density at radius 3 is 2.44 bits per heavy atom. The first kappa shape index (κ1) is 10.4. The summed E-state index contributed by atoms with van der Waals surface area (Å²) in [6.07, 6.45) is 3.60. The third-order valence-corrected chi connectivity index (χ3v) is 4.48. The van der Waals surface area contributed by atoms with Gasteiger partial charge in [-0.25, -0.2) is 4.98 Å². The second-order valence-corrected chi connectivity index (χ2v) is 6.20. The minimum Gasteiger partial charge on any atom is -0.211 e. The predicted molar refractivity (Wildman–Crippen MR) is 68.7 cm³/mol. The topological polar surface area (TPSA) is 25.8 Å². The van der Waals surface area contributed by atoms with Gasteiger partial charge in [0.05, 0.1) is 5.41 Å². The fourth-order valence-electron chi connectivity index (χ4n) is 2.33. The molecule has 1 saturated carbocycles. The smallest absolute Gasteiger partial charge is 0.179 e. The van der Waals surface area contributed by atoms with Crippen LogP contribution < -0.4 is 0 Å². The van der Waals surface area contributed by atoms with Crippen LogP contribution in [0.4, 0.5) is 0 Å². The molecule has 1 fully saturated rings. The zero-order chi connectivity index (χ0) is 11.0. The normalized spacial score (nSPS) is 18.1. The molecule has 1 heterocycles. The Hall–Kier alpha value is -0.740. The van der Waals surface area contributed by atoms with Crippen molar-refractivity contribution < 1.29 is 0 Å². The quantitative estimate of drug-likeness (QED) is 0.843. The summed E-state index contributed by atoms with van der Waals surface area (Å²) in [5.74, 6) is 0.988. The largest absolute Gasteiger partial charge is 0.211 e. The average Bonchev–Trinajstić information content (AvgIpc) is 2.65. The molecule has 2 nitrogen and oxygen atoms in total. The van der Waals surface area contributed by atoms with Gasteiger partial charge in [0, 0.05) is 0 Å². The van der Waals surface area contributed by atoms with Crippen molar-refractivity contribution in [2.75, 3.05) is 0 Å². The standard InChI is InChI=1S/C12H11BrN2S/c13-11-14-10(15-16-11)12(7-4-8-12)9-5-2-1-3-6-9/h1-3,5-6H,4,7-8H2. The van der Waals surface area contributed by atoms with Gasteiger partial charge in [0.15, 0.2) is 9.74 Å². The zero-order valence-corrected chi connectivity index (χ0v) is 11.1. The molecule has 3 rings (SSSR count). The van der Waals surface area contributed by atoms with E-state index in [4.69, 9.17) is 0 Å². The van der Waals surface area contributed by atoms with Gasteiger partial charge in [-0.2, -0.15) is 4.37 Å². The number of aromatic nitrogens is 2. The average molecular weight is 295 g/mol. The highest BCUT2D eigenvalue weighted by atomic mass is 79.9. The minimum atomic E-state index is 0.0871. The molecule has 0 N–H and O–H groups in total. The SMILES string of the molecule is Brc1nc(C2(c3ccccc3)CCC2)ns1. The Labute approximate surface area is 107 Å². The van der Waals surface area contributed by atoms with Crippen LogP contribution in [0.15, 0.2) is 34.2 Å². The summed E-state index contributed by atoms with van der Waals surface area (Å²) >= 11 is 4.83. The van der Waals surface area contributed by atoms with Crippen LogP contribution in [-0.2, 0) is 5.41 Å². The van der Waals surface area contributed by atoms with Gasteiger partial charge >= 0.3 is 0 Å². The predicted octanol–water partition coefficient (Wildman–Crippen LogP) is 3.77. The number of hydrogen-bond acceptors (Lipinski definition) is 3. The van der Waals surface area contributed by atoms with Crippen LogP contribution in [0.2, 0.25) is 0 Å². The Bertz CT molecular complexity index is 491. The van der Waals surface area contributed by atoms with E-state index in [9.17, 15) is 0 Å². The zero-order valence-electron chi connectivity index (χ0n) is 8.69. The van der Waals surface area contributed by atoms with Crippen molar-refractivity contribution in [1.82, 2.24) is 9.36 Å². The molecule has 0 atom stereocenters. The van der Waals surface area contributed by atoms with E-state index in [0.29, 0.717) is 0 Å². The van der Waals surface area contributed by atoms with E-state index in [1.807, 2.05) is 0 Å². The van der Waals surface area contributed by atoms with E-state index in [1.54, 1.807) is 0 Å². The third kappa shape index (κ3) is 1.52. The van der Waals surface area contributed by atoms with Crippen molar-refractivity contribution in [3.63, 3.8) is 0 Å². The second-order valence-electron chi connectivity index (χ2n) is 4.17. The first-order valence-corrected chi connectivity index (χ1v) is 6.93. The minimum absolute atomic E-state index is 0.0871. The van der Waals surface area contributed by atoms with E-state index in [2.05, 4.69) is 55.6 Å². The summed E-state index contributed by atoms with van der Waals surface area (Å²) < 4.78 is 5.35. The van der Waals surface area contributed by atoms with E-state index in [1.165, 1.54) is 36.4 Å². The molecule has 16 heavy (non-hydrogen) atoms. The number of nitrogens with zero attached hydrogens (tertiary/aromatic N) is 2. The molecule has 4 heteroatoms. The molecule has 2 aromatic rings. The summed E-state index contributed by atoms with van der Waals surface area (Å²) in [6, 6.07) is 10.6. The van der Waals surface area contributed by atoms with Crippen LogP contribution in [0.3, 0.4) is 0 Å². The summed E-state index contributed by atoms with van der Waals surface area (Å²) in [5, 5.41) is 0. The van der Waals surface area contributed by atoms with E-state index >= 15 is 0 Å². The van der Waals surface area contributed by atoms with Crippen molar-refractivity contribution >= 4 is 27.5 Å². The van der Waals surface area contributed by atoms with Crippen LogP contribution in [-0.4, -0.2) is 9.36 Å². The molecular formula is C12H11BrN2S. The Morgan fingerprint density at radius 1 is 1.19 bits per heavy atom. The number of benzene rings is 1. The highest BCUT2D eigenvalue weighted by molar-refractivity contribution is 9.11. The van der Waals surface area contributed by atoms with Gasteiger partial charge in [-0.3, -0.25) is 0 Å². The number of rotatable bonds is 2. The van der Waals surface area contributed by atoms with Gasteiger partial charge < -0.3 is 0 Å². The van der Waals surface area contributed by atoms with Gasteiger partial charge in [0.25, 0.3) is 0 Å². The third-order valence-electron chi connectivity index (χ3n) is 3.36. The first-order valence-electron chi connectivity index (χ1n) is 5.36. The lowest BCUT2D eigenvalue weighted by Crippen LogP contribution is -2.36. The number of halogens is 1. The van der Waals surface area contributed by atoms with Crippen LogP contribution in [0, 0.1) is 0 Å². The fraction of sp³-hybridized carbons (Fsp3) is 0.333. The maximum absolute atomic E-state index is 4.51.